The number of amides is 2. The number of carbonyl (C=O) groups is 2. The molecular weight excluding hydrogens is 438 g/mol. The maximum Gasteiger partial charge on any atom is 0.227 e. The number of hydrogen-bond donors (Lipinski definition) is 2. The minimum atomic E-state index is -0.141. The standard InChI is InChI=1S/C25H28ClN5O2/c1-16-9-10-20(15-22(16)26)28-24(33)19-11-13-30(14-12-19)25-23(27-18(3)32)17(2)29-31(25)21-7-5-4-6-8-21/h4-10,15,19H,11-14H2,1-3H3,(H,27,32)(H,28,33). The predicted octanol–water partition coefficient (Wildman–Crippen LogP) is 4.96. The number of para-hydroxylation sites is 1. The van der Waals surface area contributed by atoms with Gasteiger partial charge in [0.25, 0.3) is 0 Å². The van der Waals surface area contributed by atoms with E-state index in [4.69, 9.17) is 16.7 Å². The summed E-state index contributed by atoms with van der Waals surface area (Å²) in [6.45, 7) is 6.67. The lowest BCUT2D eigenvalue weighted by Gasteiger charge is -2.33. The molecule has 172 valence electrons. The SMILES string of the molecule is CC(=O)Nc1c(C)nn(-c2ccccc2)c1N1CCC(C(=O)Nc2ccc(C)c(Cl)c2)CC1. The number of piperidine rings is 1. The van der Waals surface area contributed by atoms with E-state index < -0.39 is 0 Å². The van der Waals surface area contributed by atoms with E-state index in [1.165, 1.54) is 6.92 Å². The van der Waals surface area contributed by atoms with Gasteiger partial charge in [0, 0.05) is 36.6 Å². The Hall–Kier alpha value is -3.32. The molecule has 1 aromatic heterocycles. The number of halogens is 1. The van der Waals surface area contributed by atoms with E-state index in [0.29, 0.717) is 42.3 Å². The van der Waals surface area contributed by atoms with Crippen molar-refractivity contribution in [1.29, 1.82) is 0 Å². The van der Waals surface area contributed by atoms with Crippen molar-refractivity contribution in [2.24, 2.45) is 5.92 Å². The maximum atomic E-state index is 12.9. The minimum absolute atomic E-state index is 0.00408. The van der Waals surface area contributed by atoms with Crippen molar-refractivity contribution in [3.63, 3.8) is 0 Å². The van der Waals surface area contributed by atoms with Crippen LogP contribution in [0.15, 0.2) is 48.5 Å². The Balaban J connectivity index is 1.52. The van der Waals surface area contributed by atoms with Crippen LogP contribution < -0.4 is 15.5 Å². The third-order valence-electron chi connectivity index (χ3n) is 5.94. The fourth-order valence-electron chi connectivity index (χ4n) is 4.15. The first-order chi connectivity index (χ1) is 15.8. The van der Waals surface area contributed by atoms with Crippen LogP contribution in [0.5, 0.6) is 0 Å². The van der Waals surface area contributed by atoms with E-state index in [1.54, 1.807) is 6.07 Å². The molecular formula is C25H28ClN5O2. The summed E-state index contributed by atoms with van der Waals surface area (Å²) in [5.41, 5.74) is 4.07. The molecule has 1 aliphatic rings. The van der Waals surface area contributed by atoms with Crippen molar-refractivity contribution in [2.45, 2.75) is 33.6 Å². The van der Waals surface area contributed by atoms with Gasteiger partial charge in [-0.1, -0.05) is 35.9 Å². The van der Waals surface area contributed by atoms with E-state index in [0.717, 1.165) is 22.8 Å². The van der Waals surface area contributed by atoms with Crippen molar-refractivity contribution < 1.29 is 9.59 Å². The Bertz CT molecular complexity index is 1170. The normalized spacial score (nSPS) is 14.2. The molecule has 2 heterocycles. The molecule has 8 heteroatoms. The van der Waals surface area contributed by atoms with Crippen LogP contribution in [0.3, 0.4) is 0 Å². The third kappa shape index (κ3) is 5.03. The number of nitrogens with one attached hydrogen (secondary N) is 2. The monoisotopic (exact) mass is 465 g/mol. The summed E-state index contributed by atoms with van der Waals surface area (Å²) in [5, 5.41) is 11.3. The Morgan fingerprint density at radius 3 is 2.36 bits per heavy atom. The topological polar surface area (TPSA) is 79.3 Å². The first kappa shape index (κ1) is 22.9. The number of aromatic nitrogens is 2. The van der Waals surface area contributed by atoms with Gasteiger partial charge in [0.2, 0.25) is 11.8 Å². The molecule has 3 aromatic rings. The smallest absolute Gasteiger partial charge is 0.227 e. The molecule has 1 fully saturated rings. The van der Waals surface area contributed by atoms with Crippen LogP contribution in [0.2, 0.25) is 5.02 Å². The molecule has 0 unspecified atom stereocenters. The van der Waals surface area contributed by atoms with Crippen LogP contribution in [0.25, 0.3) is 5.69 Å². The Labute approximate surface area is 198 Å². The number of rotatable bonds is 5. The van der Waals surface area contributed by atoms with Crippen LogP contribution >= 0.6 is 11.6 Å². The van der Waals surface area contributed by atoms with Gasteiger partial charge in [0.15, 0.2) is 5.82 Å². The second kappa shape index (κ2) is 9.67. The van der Waals surface area contributed by atoms with Crippen LogP contribution in [0, 0.1) is 19.8 Å². The van der Waals surface area contributed by atoms with Crippen molar-refractivity contribution in [3.8, 4) is 5.69 Å². The molecule has 2 amide bonds. The van der Waals surface area contributed by atoms with Gasteiger partial charge in [-0.05, 0) is 56.5 Å². The second-order valence-electron chi connectivity index (χ2n) is 8.43. The van der Waals surface area contributed by atoms with Crippen LogP contribution in [0.1, 0.15) is 31.0 Å². The number of benzene rings is 2. The quantitative estimate of drug-likeness (QED) is 0.558. The molecule has 33 heavy (non-hydrogen) atoms. The molecule has 2 N–H and O–H groups in total. The van der Waals surface area contributed by atoms with E-state index >= 15 is 0 Å². The molecule has 0 radical (unpaired) electrons. The lowest BCUT2D eigenvalue weighted by atomic mass is 9.95. The molecule has 0 spiro atoms. The van der Waals surface area contributed by atoms with Gasteiger partial charge in [-0.2, -0.15) is 5.10 Å². The molecule has 7 nitrogen and oxygen atoms in total. The third-order valence-corrected chi connectivity index (χ3v) is 6.35. The molecule has 0 atom stereocenters. The zero-order valence-corrected chi connectivity index (χ0v) is 19.8. The zero-order valence-electron chi connectivity index (χ0n) is 19.1. The fraction of sp³-hybridized carbons (Fsp3) is 0.320. The van der Waals surface area contributed by atoms with Gasteiger partial charge < -0.3 is 15.5 Å². The lowest BCUT2D eigenvalue weighted by molar-refractivity contribution is -0.120. The number of aryl methyl sites for hydroxylation is 2. The number of anilines is 3. The molecule has 4 rings (SSSR count). The summed E-state index contributed by atoms with van der Waals surface area (Å²) in [5.74, 6) is 0.611. The molecule has 0 saturated carbocycles. The van der Waals surface area contributed by atoms with Gasteiger partial charge in [0.05, 0.1) is 11.4 Å². The average molecular weight is 466 g/mol. The second-order valence-corrected chi connectivity index (χ2v) is 8.83. The highest BCUT2D eigenvalue weighted by atomic mass is 35.5. The number of nitrogens with zero attached hydrogens (tertiary/aromatic N) is 3. The highest BCUT2D eigenvalue weighted by molar-refractivity contribution is 6.31. The van der Waals surface area contributed by atoms with Crippen molar-refractivity contribution in [3.05, 3.63) is 64.8 Å². The molecule has 1 aliphatic heterocycles. The number of carbonyl (C=O) groups excluding carboxylic acids is 2. The van der Waals surface area contributed by atoms with Gasteiger partial charge in [-0.15, -0.1) is 0 Å². The van der Waals surface area contributed by atoms with E-state index in [-0.39, 0.29) is 17.7 Å². The maximum absolute atomic E-state index is 12.9. The van der Waals surface area contributed by atoms with E-state index in [2.05, 4.69) is 15.5 Å². The average Bonchev–Trinajstić information content (AvgIpc) is 3.12. The molecule has 2 aromatic carbocycles. The predicted molar refractivity (Wildman–Crippen MR) is 132 cm³/mol. The first-order valence-electron chi connectivity index (χ1n) is 11.1. The minimum Gasteiger partial charge on any atom is -0.355 e. The van der Waals surface area contributed by atoms with E-state index in [1.807, 2.05) is 61.0 Å². The molecule has 0 aliphatic carbocycles. The zero-order chi connectivity index (χ0) is 23.5. The highest BCUT2D eigenvalue weighted by Crippen LogP contribution is 2.35. The van der Waals surface area contributed by atoms with Crippen LogP contribution in [0.4, 0.5) is 17.2 Å². The van der Waals surface area contributed by atoms with Gasteiger partial charge in [-0.25, -0.2) is 4.68 Å². The Morgan fingerprint density at radius 1 is 1.03 bits per heavy atom. The van der Waals surface area contributed by atoms with Crippen LogP contribution in [-0.4, -0.2) is 34.7 Å². The van der Waals surface area contributed by atoms with Crippen molar-refractivity contribution >= 4 is 40.6 Å². The lowest BCUT2D eigenvalue weighted by Crippen LogP contribution is -2.39. The summed E-state index contributed by atoms with van der Waals surface area (Å²) in [6, 6.07) is 15.4. The summed E-state index contributed by atoms with van der Waals surface area (Å²) in [7, 11) is 0. The Morgan fingerprint density at radius 2 is 1.73 bits per heavy atom. The Kier molecular flexibility index (Phi) is 6.70. The highest BCUT2D eigenvalue weighted by Gasteiger charge is 2.30. The molecule has 0 bridgehead atoms. The van der Waals surface area contributed by atoms with Gasteiger partial charge >= 0.3 is 0 Å². The van der Waals surface area contributed by atoms with Gasteiger partial charge in [0.1, 0.15) is 5.69 Å². The summed E-state index contributed by atoms with van der Waals surface area (Å²) >= 11 is 6.19. The largest absolute Gasteiger partial charge is 0.355 e. The first-order valence-corrected chi connectivity index (χ1v) is 11.5. The van der Waals surface area contributed by atoms with Crippen molar-refractivity contribution in [1.82, 2.24) is 9.78 Å². The number of hydrogen-bond acceptors (Lipinski definition) is 4. The van der Waals surface area contributed by atoms with Crippen LogP contribution in [-0.2, 0) is 9.59 Å². The fourth-order valence-corrected chi connectivity index (χ4v) is 4.33. The van der Waals surface area contributed by atoms with E-state index in [9.17, 15) is 9.59 Å². The summed E-state index contributed by atoms with van der Waals surface area (Å²) < 4.78 is 1.87. The van der Waals surface area contributed by atoms with Gasteiger partial charge in [-0.3, -0.25) is 9.59 Å². The summed E-state index contributed by atoms with van der Waals surface area (Å²) in [6.07, 6.45) is 1.40. The van der Waals surface area contributed by atoms with Crippen molar-refractivity contribution in [2.75, 3.05) is 28.6 Å². The summed E-state index contributed by atoms with van der Waals surface area (Å²) in [4.78, 5) is 26.9. The molecule has 1 saturated heterocycles.